The molecule has 0 radical (unpaired) electrons. The van der Waals surface area contributed by atoms with Crippen molar-refractivity contribution >= 4 is 17.5 Å². The fourth-order valence-corrected chi connectivity index (χ4v) is 2.37. The lowest BCUT2D eigenvalue weighted by Crippen LogP contribution is -2.27. The van der Waals surface area contributed by atoms with Gasteiger partial charge in [0.05, 0.1) is 26.3 Å². The van der Waals surface area contributed by atoms with Gasteiger partial charge >= 0.3 is 0 Å². The summed E-state index contributed by atoms with van der Waals surface area (Å²) in [6, 6.07) is 5.91. The molecular formula is C21H24F4N2O7. The molecule has 0 bridgehead atoms. The summed E-state index contributed by atoms with van der Waals surface area (Å²) in [5, 5.41) is 11.0. The zero-order valence-electron chi connectivity index (χ0n) is 18.0. The zero-order chi connectivity index (χ0) is 25.3. The number of hydroxylamine groups is 2. The van der Waals surface area contributed by atoms with Gasteiger partial charge in [0.15, 0.2) is 23.2 Å². The van der Waals surface area contributed by atoms with Crippen molar-refractivity contribution in [1.29, 1.82) is 0 Å². The molecule has 9 nitrogen and oxygen atoms in total. The van der Waals surface area contributed by atoms with Crippen molar-refractivity contribution in [1.82, 2.24) is 5.06 Å². The van der Waals surface area contributed by atoms with Crippen LogP contribution in [0.1, 0.15) is 25.8 Å². The van der Waals surface area contributed by atoms with Crippen LogP contribution >= 0.6 is 0 Å². The molecule has 1 fully saturated rings. The maximum absolute atomic E-state index is 12.9. The molecule has 3 rings (SSSR count). The van der Waals surface area contributed by atoms with Gasteiger partial charge in [-0.05, 0) is 19.1 Å². The molecular weight excluding hydrogens is 468 g/mol. The number of halogens is 4. The van der Waals surface area contributed by atoms with E-state index >= 15 is 0 Å². The van der Waals surface area contributed by atoms with Gasteiger partial charge < -0.3 is 9.47 Å². The number of rotatable bonds is 4. The lowest BCUT2D eigenvalue weighted by Gasteiger charge is -2.07. The third-order valence-corrected chi connectivity index (χ3v) is 4.12. The Balaban J connectivity index is 0.000000481. The van der Waals surface area contributed by atoms with Crippen molar-refractivity contribution < 1.29 is 46.4 Å². The largest absolute Gasteiger partial charge is 0.497 e. The number of nitro groups is 1. The normalized spacial score (nSPS) is 12.1. The Kier molecular flexibility index (Phi) is 12.2. The van der Waals surface area contributed by atoms with Gasteiger partial charge in [-0.15, -0.1) is 0 Å². The Hall–Kier alpha value is -3.74. The van der Waals surface area contributed by atoms with Gasteiger partial charge in [-0.25, -0.2) is 13.2 Å². The van der Waals surface area contributed by atoms with Crippen LogP contribution in [0.2, 0.25) is 0 Å². The minimum Gasteiger partial charge on any atom is -0.497 e. The standard InChI is InChI=1S/C8H6F4O.C7H7NO3.C5H7NO3.CH4/c1-3-4(9)6(11)7(12)8(13-2)5(3)10;1-11-7-4-2-6(3-5-7)8(9)10;1-9-6-4(7)2-3-5(6)8;/h1-2H3;2-5H,1H3;2-3H2,1H3;1H4. The summed E-state index contributed by atoms with van der Waals surface area (Å²) in [5.41, 5.74) is -0.526. The zero-order valence-corrected chi connectivity index (χ0v) is 18.0. The van der Waals surface area contributed by atoms with E-state index in [1.54, 1.807) is 12.1 Å². The third-order valence-electron chi connectivity index (χ3n) is 4.12. The monoisotopic (exact) mass is 492 g/mol. The number of hydrogen-bond acceptors (Lipinski definition) is 7. The Morgan fingerprint density at radius 3 is 1.71 bits per heavy atom. The predicted molar refractivity (Wildman–Crippen MR) is 112 cm³/mol. The highest BCUT2D eigenvalue weighted by Crippen LogP contribution is 2.28. The number of carbonyl (C=O) groups excluding carboxylic acids is 2. The second-order valence-corrected chi connectivity index (χ2v) is 6.13. The minimum atomic E-state index is -1.73. The molecule has 2 aromatic carbocycles. The van der Waals surface area contributed by atoms with Crippen LogP contribution in [0.25, 0.3) is 0 Å². The summed E-state index contributed by atoms with van der Waals surface area (Å²) in [7, 11) is 3.79. The van der Waals surface area contributed by atoms with E-state index in [1.807, 2.05) is 0 Å². The van der Waals surface area contributed by atoms with Crippen molar-refractivity contribution in [3.8, 4) is 11.5 Å². The lowest BCUT2D eigenvalue weighted by atomic mass is 10.2. The second kappa shape index (κ2) is 13.7. The highest BCUT2D eigenvalue weighted by molar-refractivity contribution is 6.00. The maximum atomic E-state index is 12.9. The average molecular weight is 492 g/mol. The van der Waals surface area contributed by atoms with Crippen LogP contribution in [0.5, 0.6) is 11.5 Å². The van der Waals surface area contributed by atoms with Crippen LogP contribution in [-0.2, 0) is 14.4 Å². The van der Waals surface area contributed by atoms with Gasteiger partial charge in [-0.2, -0.15) is 9.45 Å². The summed E-state index contributed by atoms with van der Waals surface area (Å²) in [6.45, 7) is 0.996. The van der Waals surface area contributed by atoms with Crippen LogP contribution in [0.3, 0.4) is 0 Å². The number of methoxy groups -OCH3 is 2. The van der Waals surface area contributed by atoms with Crippen LogP contribution in [-0.4, -0.2) is 43.1 Å². The smallest absolute Gasteiger partial charge is 0.269 e. The number of hydrogen-bond donors (Lipinski definition) is 0. The summed E-state index contributed by atoms with van der Waals surface area (Å²) < 4.78 is 60.0. The van der Waals surface area contributed by atoms with Crippen LogP contribution in [0.15, 0.2) is 24.3 Å². The average Bonchev–Trinajstić information content (AvgIpc) is 3.14. The highest BCUT2D eigenvalue weighted by Gasteiger charge is 2.28. The molecule has 13 heteroatoms. The Bertz CT molecular complexity index is 972. The van der Waals surface area contributed by atoms with E-state index in [0.29, 0.717) is 5.75 Å². The van der Waals surface area contributed by atoms with E-state index in [2.05, 4.69) is 9.57 Å². The molecule has 188 valence electrons. The molecule has 34 heavy (non-hydrogen) atoms. The lowest BCUT2D eigenvalue weighted by molar-refractivity contribution is -0.384. The summed E-state index contributed by atoms with van der Waals surface area (Å²) >= 11 is 0. The van der Waals surface area contributed by atoms with E-state index in [1.165, 1.54) is 26.4 Å². The molecule has 1 aliphatic heterocycles. The van der Waals surface area contributed by atoms with Gasteiger partial charge in [0.2, 0.25) is 5.82 Å². The number of benzene rings is 2. The second-order valence-electron chi connectivity index (χ2n) is 6.13. The number of ether oxygens (including phenoxy) is 2. The van der Waals surface area contributed by atoms with E-state index in [-0.39, 0.29) is 37.8 Å². The molecule has 0 N–H and O–H groups in total. The van der Waals surface area contributed by atoms with Crippen LogP contribution < -0.4 is 9.47 Å². The molecule has 1 aliphatic rings. The van der Waals surface area contributed by atoms with E-state index in [9.17, 15) is 37.3 Å². The molecule has 2 aromatic rings. The molecule has 0 aromatic heterocycles. The summed E-state index contributed by atoms with van der Waals surface area (Å²) in [4.78, 5) is 35.4. The molecule has 1 heterocycles. The fraction of sp³-hybridized carbons (Fsp3) is 0.333. The minimum absolute atomic E-state index is 0. The number of amides is 2. The predicted octanol–water partition coefficient (Wildman–Crippen LogP) is 4.50. The summed E-state index contributed by atoms with van der Waals surface area (Å²) in [6.07, 6.45) is 0.569. The number of nitrogens with zero attached hydrogens (tertiary/aromatic N) is 2. The summed E-state index contributed by atoms with van der Waals surface area (Å²) in [5.74, 6) is -6.91. The molecule has 0 saturated carbocycles. The van der Waals surface area contributed by atoms with E-state index in [0.717, 1.165) is 19.1 Å². The maximum Gasteiger partial charge on any atom is 0.269 e. The van der Waals surface area contributed by atoms with Crippen LogP contribution in [0, 0.1) is 40.3 Å². The number of carbonyl (C=O) groups is 2. The molecule has 2 amide bonds. The van der Waals surface area contributed by atoms with E-state index in [4.69, 9.17) is 4.74 Å². The van der Waals surface area contributed by atoms with Gasteiger partial charge in [0, 0.05) is 30.5 Å². The van der Waals surface area contributed by atoms with Crippen molar-refractivity contribution in [2.45, 2.75) is 27.2 Å². The number of imide groups is 1. The molecule has 0 unspecified atom stereocenters. The highest BCUT2D eigenvalue weighted by atomic mass is 19.2. The van der Waals surface area contributed by atoms with Crippen molar-refractivity contribution in [2.75, 3.05) is 21.3 Å². The Morgan fingerprint density at radius 1 is 0.853 bits per heavy atom. The van der Waals surface area contributed by atoms with Crippen LogP contribution in [0.4, 0.5) is 23.2 Å². The Morgan fingerprint density at radius 2 is 1.35 bits per heavy atom. The SMILES string of the molecule is C.CON1C(=O)CCC1=O.COc1c(F)c(C)c(F)c(F)c1F.COc1ccc([N+](=O)[O-])cc1. The Labute approximate surface area is 192 Å². The topological polar surface area (TPSA) is 108 Å². The van der Waals surface area contributed by atoms with Gasteiger partial charge in [-0.1, -0.05) is 7.43 Å². The van der Waals surface area contributed by atoms with Crippen molar-refractivity contribution in [3.05, 3.63) is 63.2 Å². The van der Waals surface area contributed by atoms with Gasteiger partial charge in [0.25, 0.3) is 17.5 Å². The van der Waals surface area contributed by atoms with Gasteiger partial charge in [-0.3, -0.25) is 24.5 Å². The first-order chi connectivity index (χ1) is 15.5. The molecule has 0 aliphatic carbocycles. The first kappa shape index (κ1) is 30.3. The quantitative estimate of drug-likeness (QED) is 0.154. The first-order valence-corrected chi connectivity index (χ1v) is 9.04. The molecule has 1 saturated heterocycles. The van der Waals surface area contributed by atoms with E-state index < -0.39 is 39.5 Å². The van der Waals surface area contributed by atoms with Gasteiger partial charge in [0.1, 0.15) is 5.75 Å². The molecule has 0 atom stereocenters. The molecule has 0 spiro atoms. The third kappa shape index (κ3) is 7.40. The fourth-order valence-electron chi connectivity index (χ4n) is 2.37. The van der Waals surface area contributed by atoms with Crippen molar-refractivity contribution in [3.63, 3.8) is 0 Å². The number of non-ortho nitro benzene ring substituents is 1. The first-order valence-electron chi connectivity index (χ1n) is 9.04. The number of nitro benzene ring substituents is 1. The van der Waals surface area contributed by atoms with Crippen molar-refractivity contribution in [2.24, 2.45) is 0 Å².